The molecule has 1 fully saturated rings. The Morgan fingerprint density at radius 1 is 1.24 bits per heavy atom. The summed E-state index contributed by atoms with van der Waals surface area (Å²) in [4.78, 5) is 14.4. The number of halogens is 2. The number of hydrogen-bond acceptors (Lipinski definition) is 4. The molecule has 1 aromatic rings. The van der Waals surface area contributed by atoms with Crippen LogP contribution in [0.1, 0.15) is 37.0 Å². The average molecular weight is 392 g/mol. The highest BCUT2D eigenvalue weighted by molar-refractivity contribution is 5.94. The number of rotatable bonds is 10. The van der Waals surface area contributed by atoms with E-state index in [9.17, 15) is 4.79 Å². The maximum absolute atomic E-state index is 12.1. The van der Waals surface area contributed by atoms with E-state index in [0.29, 0.717) is 24.6 Å². The first-order valence-electron chi connectivity index (χ1n) is 8.63. The molecule has 1 unspecified atom stereocenters. The third kappa shape index (κ3) is 8.27. The molecular formula is C18H31Cl2N3O2. The van der Waals surface area contributed by atoms with Crippen LogP contribution in [0.3, 0.4) is 0 Å². The van der Waals surface area contributed by atoms with Crippen LogP contribution >= 0.6 is 24.8 Å². The number of benzene rings is 1. The van der Waals surface area contributed by atoms with Gasteiger partial charge in [-0.15, -0.1) is 24.8 Å². The molecule has 5 nitrogen and oxygen atoms in total. The lowest BCUT2D eigenvalue weighted by Gasteiger charge is -2.18. The summed E-state index contributed by atoms with van der Waals surface area (Å²) >= 11 is 0. The van der Waals surface area contributed by atoms with Crippen molar-refractivity contribution in [3.8, 4) is 5.75 Å². The van der Waals surface area contributed by atoms with Gasteiger partial charge in [0.15, 0.2) is 0 Å². The molecule has 1 aliphatic carbocycles. The molecule has 3 N–H and O–H groups in total. The number of nitrogens with zero attached hydrogens (tertiary/aromatic N) is 1. The first kappa shape index (κ1) is 24.0. The molecule has 2 rings (SSSR count). The zero-order valence-electron chi connectivity index (χ0n) is 15.1. The Kier molecular flexibility index (Phi) is 11.9. The molecule has 1 aliphatic rings. The van der Waals surface area contributed by atoms with Gasteiger partial charge < -0.3 is 20.7 Å². The first-order chi connectivity index (χ1) is 11.1. The Bertz CT molecular complexity index is 492. The summed E-state index contributed by atoms with van der Waals surface area (Å²) < 4.78 is 5.72. The van der Waals surface area contributed by atoms with Gasteiger partial charge in [0, 0.05) is 24.7 Å². The molecule has 25 heavy (non-hydrogen) atoms. The molecule has 1 atom stereocenters. The number of nitrogens with two attached hydrogens (primary N) is 1. The van der Waals surface area contributed by atoms with E-state index in [4.69, 9.17) is 10.5 Å². The topological polar surface area (TPSA) is 67.6 Å². The van der Waals surface area contributed by atoms with Crippen molar-refractivity contribution in [2.75, 3.05) is 32.8 Å². The van der Waals surface area contributed by atoms with E-state index >= 15 is 0 Å². The van der Waals surface area contributed by atoms with Gasteiger partial charge in [-0.3, -0.25) is 4.79 Å². The minimum absolute atomic E-state index is 0. The van der Waals surface area contributed by atoms with Crippen LogP contribution in [0, 0.1) is 5.92 Å². The minimum Gasteiger partial charge on any atom is -0.492 e. The number of likely N-dealkylation sites (N-methyl/N-ethyl adjacent to an activating group) is 1. The van der Waals surface area contributed by atoms with Gasteiger partial charge in [-0.2, -0.15) is 0 Å². The molecule has 7 heteroatoms. The van der Waals surface area contributed by atoms with Gasteiger partial charge >= 0.3 is 0 Å². The van der Waals surface area contributed by atoms with Crippen LogP contribution in [0.4, 0.5) is 0 Å². The molecule has 1 saturated carbocycles. The molecule has 0 radical (unpaired) electrons. The number of ether oxygens (including phenoxy) is 1. The van der Waals surface area contributed by atoms with Crippen LogP contribution in [-0.4, -0.2) is 49.6 Å². The summed E-state index contributed by atoms with van der Waals surface area (Å²) in [5.74, 6) is 1.32. The van der Waals surface area contributed by atoms with Crippen LogP contribution in [0.15, 0.2) is 24.3 Å². The molecule has 0 saturated heterocycles. The zero-order chi connectivity index (χ0) is 16.7. The number of hydrogen-bond donors (Lipinski definition) is 2. The second kappa shape index (κ2) is 12.4. The maximum Gasteiger partial charge on any atom is 0.251 e. The summed E-state index contributed by atoms with van der Waals surface area (Å²) in [6.07, 6.45) is 2.38. The largest absolute Gasteiger partial charge is 0.492 e. The van der Waals surface area contributed by atoms with Crippen molar-refractivity contribution in [3.05, 3.63) is 29.8 Å². The Morgan fingerprint density at radius 2 is 1.84 bits per heavy atom. The quantitative estimate of drug-likeness (QED) is 0.643. The third-order valence-electron chi connectivity index (χ3n) is 4.41. The highest BCUT2D eigenvalue weighted by atomic mass is 35.5. The molecule has 0 aromatic heterocycles. The maximum atomic E-state index is 12.1. The highest BCUT2D eigenvalue weighted by Crippen LogP contribution is 2.31. The average Bonchev–Trinajstić information content (AvgIpc) is 3.42. The van der Waals surface area contributed by atoms with Crippen molar-refractivity contribution in [2.24, 2.45) is 11.7 Å². The Morgan fingerprint density at radius 3 is 2.36 bits per heavy atom. The van der Waals surface area contributed by atoms with Gasteiger partial charge in [-0.25, -0.2) is 0 Å². The van der Waals surface area contributed by atoms with Gasteiger partial charge in [0.1, 0.15) is 12.4 Å². The molecule has 1 aromatic carbocycles. The van der Waals surface area contributed by atoms with Crippen molar-refractivity contribution < 1.29 is 9.53 Å². The van der Waals surface area contributed by atoms with Crippen LogP contribution in [0.5, 0.6) is 5.75 Å². The first-order valence-corrected chi connectivity index (χ1v) is 8.63. The lowest BCUT2D eigenvalue weighted by atomic mass is 10.1. The van der Waals surface area contributed by atoms with E-state index in [1.165, 1.54) is 12.8 Å². The lowest BCUT2D eigenvalue weighted by molar-refractivity contribution is 0.0950. The van der Waals surface area contributed by atoms with Crippen molar-refractivity contribution in [2.45, 2.75) is 32.7 Å². The van der Waals surface area contributed by atoms with Gasteiger partial charge in [-0.1, -0.05) is 13.8 Å². The minimum atomic E-state index is -0.0733. The summed E-state index contributed by atoms with van der Waals surface area (Å²) in [6, 6.07) is 7.37. The fraction of sp³-hybridized carbons (Fsp3) is 0.611. The van der Waals surface area contributed by atoms with Crippen molar-refractivity contribution >= 4 is 30.7 Å². The van der Waals surface area contributed by atoms with Gasteiger partial charge in [0.25, 0.3) is 5.91 Å². The summed E-state index contributed by atoms with van der Waals surface area (Å²) in [5, 5.41) is 2.90. The lowest BCUT2D eigenvalue weighted by Crippen LogP contribution is -2.38. The van der Waals surface area contributed by atoms with E-state index in [0.717, 1.165) is 25.4 Å². The van der Waals surface area contributed by atoms with E-state index in [-0.39, 0.29) is 36.8 Å². The van der Waals surface area contributed by atoms with Crippen LogP contribution < -0.4 is 15.8 Å². The molecule has 1 amide bonds. The molecule has 144 valence electrons. The van der Waals surface area contributed by atoms with Crippen molar-refractivity contribution in [1.29, 1.82) is 0 Å². The molecule has 0 spiro atoms. The van der Waals surface area contributed by atoms with Crippen LogP contribution in [0.2, 0.25) is 0 Å². The number of carbonyl (C=O) groups excluding carboxylic acids is 1. The van der Waals surface area contributed by atoms with E-state index in [1.807, 2.05) is 12.1 Å². The third-order valence-corrected chi connectivity index (χ3v) is 4.41. The smallest absolute Gasteiger partial charge is 0.251 e. The number of amides is 1. The molecule has 0 bridgehead atoms. The SMILES string of the molecule is CCN(CC)CCOc1ccc(C(=O)NCC(N)C2CC2)cc1.Cl.Cl. The van der Waals surface area contributed by atoms with Crippen LogP contribution in [0.25, 0.3) is 0 Å². The van der Waals surface area contributed by atoms with E-state index in [1.54, 1.807) is 12.1 Å². The normalized spacial score (nSPS) is 14.2. The van der Waals surface area contributed by atoms with Crippen molar-refractivity contribution in [1.82, 2.24) is 10.2 Å². The summed E-state index contributed by atoms with van der Waals surface area (Å²) in [7, 11) is 0. The second-order valence-corrected chi connectivity index (χ2v) is 6.11. The highest BCUT2D eigenvalue weighted by Gasteiger charge is 2.28. The fourth-order valence-corrected chi connectivity index (χ4v) is 2.54. The van der Waals surface area contributed by atoms with Crippen LogP contribution in [-0.2, 0) is 0 Å². The summed E-state index contributed by atoms with van der Waals surface area (Å²) in [6.45, 7) is 8.46. The monoisotopic (exact) mass is 391 g/mol. The predicted octanol–water partition coefficient (Wildman–Crippen LogP) is 2.72. The van der Waals surface area contributed by atoms with Gasteiger partial charge in [0.05, 0.1) is 0 Å². The van der Waals surface area contributed by atoms with E-state index < -0.39 is 0 Å². The van der Waals surface area contributed by atoms with E-state index in [2.05, 4.69) is 24.1 Å². The molecular weight excluding hydrogens is 361 g/mol. The Labute approximate surface area is 163 Å². The second-order valence-electron chi connectivity index (χ2n) is 6.11. The standard InChI is InChI=1S/C18H29N3O2.2ClH/c1-3-21(4-2)11-12-23-16-9-7-15(8-10-16)18(22)20-13-17(19)14-5-6-14;;/h7-10,14,17H,3-6,11-13,19H2,1-2H3,(H,20,22);2*1H. The number of nitrogens with one attached hydrogen (secondary N) is 1. The summed E-state index contributed by atoms with van der Waals surface area (Å²) in [5.41, 5.74) is 6.64. The molecule has 0 aliphatic heterocycles. The van der Waals surface area contributed by atoms with Gasteiger partial charge in [-0.05, 0) is 56.1 Å². The predicted molar refractivity (Wildman–Crippen MR) is 107 cm³/mol. The Hall–Kier alpha value is -1.01. The van der Waals surface area contributed by atoms with Gasteiger partial charge in [0.2, 0.25) is 0 Å². The zero-order valence-corrected chi connectivity index (χ0v) is 16.7. The fourth-order valence-electron chi connectivity index (χ4n) is 2.54. The number of carbonyl (C=O) groups is 1. The Balaban J connectivity index is 0.00000288. The molecule has 0 heterocycles. The van der Waals surface area contributed by atoms with Crippen molar-refractivity contribution in [3.63, 3.8) is 0 Å².